The SMILES string of the molecule is CCCC(=O)C(CCNC(=O)OCc1ccccc1)OC(C)=O. The third kappa shape index (κ3) is 7.99. The number of carbonyl (C=O) groups is 3. The van der Waals surface area contributed by atoms with Crippen LogP contribution in [0.4, 0.5) is 4.79 Å². The largest absolute Gasteiger partial charge is 0.454 e. The molecule has 0 spiro atoms. The molecule has 0 bridgehead atoms. The van der Waals surface area contributed by atoms with Gasteiger partial charge in [-0.05, 0) is 12.0 Å². The summed E-state index contributed by atoms with van der Waals surface area (Å²) in [6, 6.07) is 9.31. The molecule has 0 aliphatic heterocycles. The number of ether oxygens (including phenoxy) is 2. The molecule has 0 aliphatic carbocycles. The molecule has 1 amide bonds. The predicted octanol–water partition coefficient (Wildman–Crippen LogP) is 2.60. The van der Waals surface area contributed by atoms with E-state index >= 15 is 0 Å². The van der Waals surface area contributed by atoms with Gasteiger partial charge in [-0.15, -0.1) is 0 Å². The first-order valence-electron chi connectivity index (χ1n) is 7.67. The Kier molecular flexibility index (Phi) is 8.42. The van der Waals surface area contributed by atoms with Crippen molar-refractivity contribution in [3.63, 3.8) is 0 Å². The molecule has 1 N–H and O–H groups in total. The van der Waals surface area contributed by atoms with Crippen LogP contribution in [-0.2, 0) is 25.7 Å². The molecule has 0 aliphatic rings. The zero-order chi connectivity index (χ0) is 17.1. The minimum absolute atomic E-state index is 0.137. The van der Waals surface area contributed by atoms with E-state index in [0.29, 0.717) is 12.8 Å². The fourth-order valence-electron chi connectivity index (χ4n) is 1.97. The Morgan fingerprint density at radius 3 is 2.48 bits per heavy atom. The second-order valence-electron chi connectivity index (χ2n) is 5.09. The third-order valence-corrected chi connectivity index (χ3v) is 3.05. The number of hydrogen-bond acceptors (Lipinski definition) is 5. The number of amides is 1. The molecule has 0 radical (unpaired) electrons. The molecule has 1 unspecified atom stereocenters. The van der Waals surface area contributed by atoms with Crippen molar-refractivity contribution in [2.75, 3.05) is 6.54 Å². The first-order valence-corrected chi connectivity index (χ1v) is 7.67. The summed E-state index contributed by atoms with van der Waals surface area (Å²) in [6.07, 6.45) is -0.126. The summed E-state index contributed by atoms with van der Waals surface area (Å²) < 4.78 is 10.1. The summed E-state index contributed by atoms with van der Waals surface area (Å²) in [5.74, 6) is -0.645. The minimum atomic E-state index is -0.818. The lowest BCUT2D eigenvalue weighted by atomic mass is 10.1. The van der Waals surface area contributed by atoms with E-state index in [1.165, 1.54) is 6.92 Å². The zero-order valence-electron chi connectivity index (χ0n) is 13.5. The van der Waals surface area contributed by atoms with Gasteiger partial charge in [-0.25, -0.2) is 4.79 Å². The lowest BCUT2D eigenvalue weighted by Crippen LogP contribution is -2.33. The molecule has 0 fully saturated rings. The van der Waals surface area contributed by atoms with Crippen LogP contribution in [0.5, 0.6) is 0 Å². The maximum Gasteiger partial charge on any atom is 0.407 e. The highest BCUT2D eigenvalue weighted by atomic mass is 16.6. The van der Waals surface area contributed by atoms with E-state index in [1.807, 2.05) is 37.3 Å². The van der Waals surface area contributed by atoms with Gasteiger partial charge in [0.05, 0.1) is 0 Å². The Labute approximate surface area is 136 Å². The summed E-state index contributed by atoms with van der Waals surface area (Å²) >= 11 is 0. The third-order valence-electron chi connectivity index (χ3n) is 3.05. The molecular formula is C17H23NO5. The van der Waals surface area contributed by atoms with E-state index in [9.17, 15) is 14.4 Å². The van der Waals surface area contributed by atoms with Crippen molar-refractivity contribution in [1.29, 1.82) is 0 Å². The van der Waals surface area contributed by atoms with Crippen molar-refractivity contribution in [1.82, 2.24) is 5.32 Å². The Morgan fingerprint density at radius 2 is 1.87 bits per heavy atom. The van der Waals surface area contributed by atoms with Gasteiger partial charge in [0.1, 0.15) is 6.61 Å². The molecule has 0 saturated carbocycles. The van der Waals surface area contributed by atoms with Gasteiger partial charge < -0.3 is 14.8 Å². The normalized spacial score (nSPS) is 11.4. The van der Waals surface area contributed by atoms with Gasteiger partial charge in [0.25, 0.3) is 0 Å². The number of carbonyl (C=O) groups excluding carboxylic acids is 3. The van der Waals surface area contributed by atoms with Gasteiger partial charge in [0.2, 0.25) is 0 Å². The van der Waals surface area contributed by atoms with Crippen LogP contribution in [0.25, 0.3) is 0 Å². The van der Waals surface area contributed by atoms with E-state index in [2.05, 4.69) is 5.32 Å². The van der Waals surface area contributed by atoms with Gasteiger partial charge in [-0.2, -0.15) is 0 Å². The van der Waals surface area contributed by atoms with E-state index < -0.39 is 18.2 Å². The summed E-state index contributed by atoms with van der Waals surface area (Å²) in [5.41, 5.74) is 0.888. The van der Waals surface area contributed by atoms with Crippen molar-refractivity contribution in [3.05, 3.63) is 35.9 Å². The quantitative estimate of drug-likeness (QED) is 0.707. The van der Waals surface area contributed by atoms with Crippen molar-refractivity contribution in [2.24, 2.45) is 0 Å². The molecule has 6 nitrogen and oxygen atoms in total. The second-order valence-corrected chi connectivity index (χ2v) is 5.09. The smallest absolute Gasteiger partial charge is 0.407 e. The Balaban J connectivity index is 2.32. The van der Waals surface area contributed by atoms with Crippen LogP contribution >= 0.6 is 0 Å². The number of Topliss-reactive ketones (excluding diaryl/α,β-unsaturated/α-hetero) is 1. The van der Waals surface area contributed by atoms with Crippen molar-refractivity contribution >= 4 is 17.8 Å². The monoisotopic (exact) mass is 321 g/mol. The van der Waals surface area contributed by atoms with Gasteiger partial charge in [-0.1, -0.05) is 37.3 Å². The highest BCUT2D eigenvalue weighted by Crippen LogP contribution is 2.06. The van der Waals surface area contributed by atoms with Crippen LogP contribution in [0.15, 0.2) is 30.3 Å². The highest BCUT2D eigenvalue weighted by molar-refractivity contribution is 5.85. The number of esters is 1. The van der Waals surface area contributed by atoms with Crippen LogP contribution in [0.1, 0.15) is 38.7 Å². The van der Waals surface area contributed by atoms with Gasteiger partial charge in [0, 0.05) is 26.3 Å². The van der Waals surface area contributed by atoms with Crippen molar-refractivity contribution in [3.8, 4) is 0 Å². The number of benzene rings is 1. The van der Waals surface area contributed by atoms with Gasteiger partial charge in [0.15, 0.2) is 11.9 Å². The lowest BCUT2D eigenvalue weighted by Gasteiger charge is -2.16. The molecule has 0 aromatic heterocycles. The summed E-state index contributed by atoms with van der Waals surface area (Å²) in [4.78, 5) is 34.5. The number of alkyl carbamates (subject to hydrolysis) is 1. The standard InChI is InChI=1S/C17H23NO5/c1-3-7-15(20)16(23-13(2)19)10-11-18-17(21)22-12-14-8-5-4-6-9-14/h4-6,8-9,16H,3,7,10-12H2,1-2H3,(H,18,21). The highest BCUT2D eigenvalue weighted by Gasteiger charge is 2.20. The van der Waals surface area contributed by atoms with Crippen LogP contribution in [-0.4, -0.2) is 30.5 Å². The molecule has 1 rings (SSSR count). The van der Waals surface area contributed by atoms with Crippen LogP contribution < -0.4 is 5.32 Å². The molecular weight excluding hydrogens is 298 g/mol. The summed E-state index contributed by atoms with van der Waals surface area (Å²) in [5, 5.41) is 2.55. The molecule has 0 heterocycles. The van der Waals surface area contributed by atoms with Gasteiger partial charge in [-0.3, -0.25) is 9.59 Å². The average molecular weight is 321 g/mol. The van der Waals surface area contributed by atoms with E-state index in [1.54, 1.807) is 0 Å². The van der Waals surface area contributed by atoms with Gasteiger partial charge >= 0.3 is 12.1 Å². The van der Waals surface area contributed by atoms with Crippen LogP contribution in [0, 0.1) is 0 Å². The minimum Gasteiger partial charge on any atom is -0.454 e. The molecule has 1 aromatic carbocycles. The molecule has 0 saturated heterocycles. The summed E-state index contributed by atoms with van der Waals surface area (Å²) in [7, 11) is 0. The molecule has 1 atom stereocenters. The lowest BCUT2D eigenvalue weighted by molar-refractivity contribution is -0.153. The summed E-state index contributed by atoms with van der Waals surface area (Å²) in [6.45, 7) is 3.51. The maximum atomic E-state index is 11.8. The molecule has 23 heavy (non-hydrogen) atoms. The number of ketones is 1. The fraction of sp³-hybridized carbons (Fsp3) is 0.471. The fourth-order valence-corrected chi connectivity index (χ4v) is 1.97. The van der Waals surface area contributed by atoms with Crippen molar-refractivity contribution < 1.29 is 23.9 Å². The van der Waals surface area contributed by atoms with E-state index in [4.69, 9.17) is 9.47 Å². The number of rotatable bonds is 9. The number of hydrogen-bond donors (Lipinski definition) is 1. The first-order chi connectivity index (χ1) is 11.0. The maximum absolute atomic E-state index is 11.8. The van der Waals surface area contributed by atoms with E-state index in [0.717, 1.165) is 5.56 Å². The first kappa shape index (κ1) is 18.7. The number of nitrogens with one attached hydrogen (secondary N) is 1. The van der Waals surface area contributed by atoms with E-state index in [-0.39, 0.29) is 25.4 Å². The Hall–Kier alpha value is -2.37. The molecule has 1 aromatic rings. The predicted molar refractivity (Wildman–Crippen MR) is 84.7 cm³/mol. The topological polar surface area (TPSA) is 81.7 Å². The Bertz CT molecular complexity index is 515. The van der Waals surface area contributed by atoms with Crippen LogP contribution in [0.3, 0.4) is 0 Å². The molecule has 126 valence electrons. The zero-order valence-corrected chi connectivity index (χ0v) is 13.5. The average Bonchev–Trinajstić information content (AvgIpc) is 2.53. The second kappa shape index (κ2) is 10.4. The molecule has 6 heteroatoms. The van der Waals surface area contributed by atoms with Crippen molar-refractivity contribution in [2.45, 2.75) is 45.8 Å². The Morgan fingerprint density at radius 1 is 1.17 bits per heavy atom. The van der Waals surface area contributed by atoms with Crippen LogP contribution in [0.2, 0.25) is 0 Å².